The lowest BCUT2D eigenvalue weighted by Gasteiger charge is -2.28. The highest BCUT2D eigenvalue weighted by molar-refractivity contribution is 7.20. The van der Waals surface area contributed by atoms with Crippen molar-refractivity contribution in [1.82, 2.24) is 15.5 Å². The topological polar surface area (TPSA) is 99.3 Å². The average molecular weight is 496 g/mol. The Kier molecular flexibility index (Phi) is 6.48. The van der Waals surface area contributed by atoms with Crippen LogP contribution in [0.15, 0.2) is 54.6 Å². The van der Waals surface area contributed by atoms with Gasteiger partial charge in [0.25, 0.3) is 11.8 Å². The first-order chi connectivity index (χ1) is 16.6. The summed E-state index contributed by atoms with van der Waals surface area (Å²) in [5.41, 5.74) is 2.43. The zero-order valence-electron chi connectivity index (χ0n) is 18.1. The summed E-state index contributed by atoms with van der Waals surface area (Å²) < 4.78 is 5.39. The number of nitrogens with one attached hydrogen (secondary N) is 3. The maximum atomic E-state index is 12.8. The van der Waals surface area contributed by atoms with Gasteiger partial charge < -0.3 is 20.3 Å². The van der Waals surface area contributed by atoms with E-state index < -0.39 is 0 Å². The summed E-state index contributed by atoms with van der Waals surface area (Å²) in [5, 5.41) is 14.1. The number of aromatic nitrogens is 2. The molecule has 0 spiro atoms. The minimum Gasteiger partial charge on any atom is -0.378 e. The number of ether oxygens (including phenoxy) is 1. The number of amides is 2. The number of halogens is 1. The van der Waals surface area contributed by atoms with Crippen molar-refractivity contribution in [2.75, 3.05) is 36.5 Å². The SMILES string of the molecule is O=C(Nc1n[nH]c2sc(C(=O)NCc3ccccc3Cl)cc12)c1ccc(N2CCOCC2)cc1. The Bertz CT molecular complexity index is 1330. The van der Waals surface area contributed by atoms with Gasteiger partial charge in [0.15, 0.2) is 5.82 Å². The molecule has 2 aromatic heterocycles. The quantitative estimate of drug-likeness (QED) is 0.370. The molecule has 10 heteroatoms. The van der Waals surface area contributed by atoms with Crippen molar-refractivity contribution in [2.45, 2.75) is 6.54 Å². The van der Waals surface area contributed by atoms with Gasteiger partial charge in [0, 0.05) is 35.9 Å². The van der Waals surface area contributed by atoms with Crippen LogP contribution in [0.25, 0.3) is 10.2 Å². The van der Waals surface area contributed by atoms with E-state index in [0.717, 1.165) is 24.3 Å². The molecule has 0 saturated carbocycles. The van der Waals surface area contributed by atoms with Crippen LogP contribution in [-0.4, -0.2) is 48.3 Å². The number of anilines is 2. The van der Waals surface area contributed by atoms with Crippen LogP contribution in [0.2, 0.25) is 5.02 Å². The summed E-state index contributed by atoms with van der Waals surface area (Å²) in [6, 6.07) is 16.6. The molecule has 0 radical (unpaired) electrons. The molecule has 8 nitrogen and oxygen atoms in total. The van der Waals surface area contributed by atoms with Crippen molar-refractivity contribution in [2.24, 2.45) is 0 Å². The van der Waals surface area contributed by atoms with E-state index in [1.54, 1.807) is 24.3 Å². The van der Waals surface area contributed by atoms with Crippen LogP contribution in [0.4, 0.5) is 11.5 Å². The maximum absolute atomic E-state index is 12.8. The molecule has 0 unspecified atom stereocenters. The second kappa shape index (κ2) is 9.84. The van der Waals surface area contributed by atoms with E-state index in [4.69, 9.17) is 16.3 Å². The minimum absolute atomic E-state index is 0.217. The van der Waals surface area contributed by atoms with Crippen LogP contribution in [0.1, 0.15) is 25.6 Å². The van der Waals surface area contributed by atoms with Gasteiger partial charge in [-0.1, -0.05) is 29.8 Å². The largest absolute Gasteiger partial charge is 0.378 e. The Hall–Kier alpha value is -3.40. The molecule has 1 fully saturated rings. The highest BCUT2D eigenvalue weighted by atomic mass is 35.5. The monoisotopic (exact) mass is 495 g/mol. The summed E-state index contributed by atoms with van der Waals surface area (Å²) in [4.78, 5) is 28.9. The normalized spacial score (nSPS) is 13.7. The summed E-state index contributed by atoms with van der Waals surface area (Å²) in [5.74, 6) is -0.0954. The second-order valence-corrected chi connectivity index (χ2v) is 9.26. The zero-order chi connectivity index (χ0) is 23.5. The number of rotatable bonds is 6. The molecule has 174 valence electrons. The first-order valence-electron chi connectivity index (χ1n) is 10.8. The molecule has 0 bridgehead atoms. The predicted molar refractivity (Wildman–Crippen MR) is 134 cm³/mol. The molecule has 4 aromatic rings. The van der Waals surface area contributed by atoms with Gasteiger partial charge in [0.1, 0.15) is 4.83 Å². The Morgan fingerprint density at radius 2 is 1.85 bits per heavy atom. The van der Waals surface area contributed by atoms with E-state index >= 15 is 0 Å². The number of benzene rings is 2. The van der Waals surface area contributed by atoms with Gasteiger partial charge in [-0.2, -0.15) is 5.10 Å². The predicted octanol–water partition coefficient (Wildman–Crippen LogP) is 4.30. The number of aromatic amines is 1. The molecule has 1 aliphatic rings. The standard InChI is InChI=1S/C24H22ClN5O3S/c25-19-4-2-1-3-16(19)14-26-23(32)20-13-18-21(28-29-24(18)34-20)27-22(31)15-5-7-17(8-6-15)30-9-11-33-12-10-30/h1-8,13H,9-12,14H2,(H,26,32)(H2,27,28,29,31). The van der Waals surface area contributed by atoms with Crippen molar-refractivity contribution in [1.29, 1.82) is 0 Å². The third kappa shape index (κ3) is 4.77. The molecular formula is C24H22ClN5O3S. The van der Waals surface area contributed by atoms with E-state index in [-0.39, 0.29) is 11.8 Å². The molecule has 1 saturated heterocycles. The van der Waals surface area contributed by atoms with Crippen LogP contribution < -0.4 is 15.5 Å². The van der Waals surface area contributed by atoms with Crippen molar-refractivity contribution in [3.8, 4) is 0 Å². The van der Waals surface area contributed by atoms with Crippen LogP contribution in [0.5, 0.6) is 0 Å². The number of fused-ring (bicyclic) bond motifs is 1. The number of thiophene rings is 1. The molecule has 1 aliphatic heterocycles. The van der Waals surface area contributed by atoms with Crippen molar-refractivity contribution >= 4 is 56.5 Å². The van der Waals surface area contributed by atoms with Crippen LogP contribution in [0.3, 0.4) is 0 Å². The molecule has 3 N–H and O–H groups in total. The van der Waals surface area contributed by atoms with E-state index in [1.807, 2.05) is 30.3 Å². The van der Waals surface area contributed by atoms with E-state index in [1.165, 1.54) is 11.3 Å². The van der Waals surface area contributed by atoms with Crippen molar-refractivity contribution in [3.05, 3.63) is 75.6 Å². The lowest BCUT2D eigenvalue weighted by molar-refractivity contribution is 0.0954. The lowest BCUT2D eigenvalue weighted by Crippen LogP contribution is -2.36. The van der Waals surface area contributed by atoms with Gasteiger partial charge in [-0.15, -0.1) is 11.3 Å². The number of carbonyl (C=O) groups excluding carboxylic acids is 2. The van der Waals surface area contributed by atoms with Gasteiger partial charge in [-0.3, -0.25) is 14.7 Å². The second-order valence-electron chi connectivity index (χ2n) is 7.80. The summed E-state index contributed by atoms with van der Waals surface area (Å²) >= 11 is 7.43. The number of H-pyrrole nitrogens is 1. The van der Waals surface area contributed by atoms with E-state index in [2.05, 4.69) is 25.7 Å². The third-order valence-electron chi connectivity index (χ3n) is 5.62. The fourth-order valence-corrected chi connectivity index (χ4v) is 4.87. The highest BCUT2D eigenvalue weighted by Crippen LogP contribution is 2.30. The van der Waals surface area contributed by atoms with Gasteiger partial charge in [-0.25, -0.2) is 0 Å². The van der Waals surface area contributed by atoms with Gasteiger partial charge >= 0.3 is 0 Å². The Morgan fingerprint density at radius 1 is 1.09 bits per heavy atom. The molecule has 2 aromatic carbocycles. The fourth-order valence-electron chi connectivity index (χ4n) is 3.75. The highest BCUT2D eigenvalue weighted by Gasteiger charge is 2.18. The number of hydrogen-bond acceptors (Lipinski definition) is 6. The van der Waals surface area contributed by atoms with Crippen molar-refractivity contribution in [3.63, 3.8) is 0 Å². The number of hydrogen-bond donors (Lipinski definition) is 3. The molecule has 0 atom stereocenters. The molecule has 34 heavy (non-hydrogen) atoms. The van der Waals surface area contributed by atoms with Gasteiger partial charge in [-0.05, 0) is 42.0 Å². The van der Waals surface area contributed by atoms with Gasteiger partial charge in [0.2, 0.25) is 0 Å². The van der Waals surface area contributed by atoms with Gasteiger partial charge in [0.05, 0.1) is 23.5 Å². The molecule has 3 heterocycles. The van der Waals surface area contributed by atoms with Crippen molar-refractivity contribution < 1.29 is 14.3 Å². The smallest absolute Gasteiger partial charge is 0.261 e. The Labute approximate surface area is 204 Å². The first kappa shape index (κ1) is 22.4. The van der Waals surface area contributed by atoms with Crippen LogP contribution in [0, 0.1) is 0 Å². The fraction of sp³-hybridized carbons (Fsp3) is 0.208. The molecule has 2 amide bonds. The first-order valence-corrected chi connectivity index (χ1v) is 12.0. The Balaban J connectivity index is 1.25. The summed E-state index contributed by atoms with van der Waals surface area (Å²) in [6.07, 6.45) is 0. The lowest BCUT2D eigenvalue weighted by atomic mass is 10.1. The van der Waals surface area contributed by atoms with E-state index in [9.17, 15) is 9.59 Å². The zero-order valence-corrected chi connectivity index (χ0v) is 19.7. The molecular weight excluding hydrogens is 474 g/mol. The van der Waals surface area contributed by atoms with E-state index in [0.29, 0.717) is 51.3 Å². The average Bonchev–Trinajstić information content (AvgIpc) is 3.46. The van der Waals surface area contributed by atoms with Crippen LogP contribution >= 0.6 is 22.9 Å². The maximum Gasteiger partial charge on any atom is 0.261 e. The number of nitrogens with zero attached hydrogens (tertiary/aromatic N) is 2. The molecule has 0 aliphatic carbocycles. The minimum atomic E-state index is -0.266. The summed E-state index contributed by atoms with van der Waals surface area (Å²) in [7, 11) is 0. The molecule has 5 rings (SSSR count). The number of morpholine rings is 1. The summed E-state index contributed by atoms with van der Waals surface area (Å²) in [6.45, 7) is 3.41. The Morgan fingerprint density at radius 3 is 2.62 bits per heavy atom. The van der Waals surface area contributed by atoms with Crippen LogP contribution in [-0.2, 0) is 11.3 Å². The number of carbonyl (C=O) groups is 2. The third-order valence-corrected chi connectivity index (χ3v) is 7.02.